The molecule has 21 heavy (non-hydrogen) atoms. The third-order valence-electron chi connectivity index (χ3n) is 4.22. The van der Waals surface area contributed by atoms with Crippen LogP contribution in [0.2, 0.25) is 0 Å². The quantitative estimate of drug-likeness (QED) is 0.373. The van der Waals surface area contributed by atoms with Crippen molar-refractivity contribution in [3.05, 3.63) is 84.4 Å². The maximum atomic E-state index is 2.26. The second kappa shape index (κ2) is 4.75. The maximum absolute atomic E-state index is 2.26. The Bertz CT molecular complexity index is 934. The van der Waals surface area contributed by atoms with E-state index in [1.54, 1.807) is 0 Å². The number of fused-ring (bicyclic) bond motifs is 3. The average molecular weight is 268 g/mol. The second-order valence-electron chi connectivity index (χ2n) is 5.50. The van der Waals surface area contributed by atoms with E-state index in [0.29, 0.717) is 0 Å². The Balaban J connectivity index is 2.12. The summed E-state index contributed by atoms with van der Waals surface area (Å²) in [5.41, 5.74) is 3.91. The van der Waals surface area contributed by atoms with Crippen molar-refractivity contribution in [2.24, 2.45) is 0 Å². The number of hydrogen-bond donors (Lipinski definition) is 0. The molecule has 0 unspecified atom stereocenters. The molecule has 0 nitrogen and oxygen atoms in total. The van der Waals surface area contributed by atoms with E-state index in [2.05, 4.69) is 85.8 Å². The highest BCUT2D eigenvalue weighted by Gasteiger charge is 2.07. The molecule has 0 aliphatic heterocycles. The molecular weight excluding hydrogens is 252 g/mol. The fourth-order valence-corrected chi connectivity index (χ4v) is 3.15. The van der Waals surface area contributed by atoms with E-state index in [9.17, 15) is 0 Å². The molecule has 4 aromatic carbocycles. The van der Waals surface area contributed by atoms with Crippen molar-refractivity contribution in [2.75, 3.05) is 0 Å². The zero-order valence-electron chi connectivity index (χ0n) is 12.0. The Morgan fingerprint density at radius 3 is 1.95 bits per heavy atom. The van der Waals surface area contributed by atoms with Gasteiger partial charge < -0.3 is 0 Å². The van der Waals surface area contributed by atoms with Crippen LogP contribution in [-0.2, 0) is 0 Å². The van der Waals surface area contributed by atoms with Gasteiger partial charge in [0.2, 0.25) is 0 Å². The highest BCUT2D eigenvalue weighted by molar-refractivity contribution is 6.12. The van der Waals surface area contributed by atoms with Gasteiger partial charge >= 0.3 is 0 Å². The molecule has 100 valence electrons. The SMILES string of the molecule is Cc1cccc2c1ccc1c(-c3ccccc3)cccc12. The van der Waals surface area contributed by atoms with Crippen molar-refractivity contribution in [2.45, 2.75) is 6.92 Å². The topological polar surface area (TPSA) is 0 Å². The molecule has 0 heteroatoms. The summed E-state index contributed by atoms with van der Waals surface area (Å²) in [4.78, 5) is 0. The fraction of sp³-hybridized carbons (Fsp3) is 0.0476. The van der Waals surface area contributed by atoms with Crippen LogP contribution in [0.1, 0.15) is 5.56 Å². The second-order valence-corrected chi connectivity index (χ2v) is 5.50. The molecule has 0 spiro atoms. The summed E-state index contributed by atoms with van der Waals surface area (Å²) in [6.07, 6.45) is 0. The first-order valence-electron chi connectivity index (χ1n) is 7.31. The highest BCUT2D eigenvalue weighted by Crippen LogP contribution is 2.33. The molecule has 0 saturated heterocycles. The minimum Gasteiger partial charge on any atom is -0.0622 e. The predicted molar refractivity (Wildman–Crippen MR) is 91.6 cm³/mol. The lowest BCUT2D eigenvalue weighted by Gasteiger charge is -2.10. The van der Waals surface area contributed by atoms with Crippen LogP contribution in [0.15, 0.2) is 78.9 Å². The van der Waals surface area contributed by atoms with Gasteiger partial charge in [0.15, 0.2) is 0 Å². The van der Waals surface area contributed by atoms with Crippen molar-refractivity contribution in [3.8, 4) is 11.1 Å². The smallest absolute Gasteiger partial charge is 0.00990 e. The summed E-state index contributed by atoms with van der Waals surface area (Å²) >= 11 is 0. The van der Waals surface area contributed by atoms with Gasteiger partial charge in [-0.2, -0.15) is 0 Å². The van der Waals surface area contributed by atoms with Gasteiger partial charge in [0, 0.05) is 0 Å². The monoisotopic (exact) mass is 268 g/mol. The van der Waals surface area contributed by atoms with Crippen LogP contribution in [0, 0.1) is 6.92 Å². The van der Waals surface area contributed by atoms with Crippen molar-refractivity contribution in [1.29, 1.82) is 0 Å². The molecule has 0 radical (unpaired) electrons. The Hall–Kier alpha value is -2.60. The number of rotatable bonds is 1. The Labute approximate surface area is 124 Å². The highest BCUT2D eigenvalue weighted by atomic mass is 14.1. The number of hydrogen-bond acceptors (Lipinski definition) is 0. The van der Waals surface area contributed by atoms with E-state index in [4.69, 9.17) is 0 Å². The lowest BCUT2D eigenvalue weighted by Crippen LogP contribution is -1.84. The van der Waals surface area contributed by atoms with Crippen molar-refractivity contribution < 1.29 is 0 Å². The summed E-state index contributed by atoms with van der Waals surface area (Å²) in [5.74, 6) is 0. The third kappa shape index (κ3) is 1.92. The Kier molecular flexibility index (Phi) is 2.75. The van der Waals surface area contributed by atoms with Gasteiger partial charge in [-0.25, -0.2) is 0 Å². The summed E-state index contributed by atoms with van der Waals surface area (Å²) < 4.78 is 0. The first-order chi connectivity index (χ1) is 10.3. The van der Waals surface area contributed by atoms with Crippen LogP contribution in [0.5, 0.6) is 0 Å². The zero-order valence-corrected chi connectivity index (χ0v) is 12.0. The van der Waals surface area contributed by atoms with Gasteiger partial charge in [-0.3, -0.25) is 0 Å². The van der Waals surface area contributed by atoms with Gasteiger partial charge in [-0.15, -0.1) is 0 Å². The molecule has 0 bridgehead atoms. The van der Waals surface area contributed by atoms with Crippen LogP contribution in [0.25, 0.3) is 32.7 Å². The maximum Gasteiger partial charge on any atom is -0.00990 e. The molecule has 0 aliphatic carbocycles. The summed E-state index contributed by atoms with van der Waals surface area (Å²) in [6.45, 7) is 2.18. The van der Waals surface area contributed by atoms with Gasteiger partial charge in [0.25, 0.3) is 0 Å². The van der Waals surface area contributed by atoms with E-state index < -0.39 is 0 Å². The van der Waals surface area contributed by atoms with E-state index in [0.717, 1.165) is 0 Å². The Morgan fingerprint density at radius 2 is 1.14 bits per heavy atom. The van der Waals surface area contributed by atoms with E-state index in [1.165, 1.54) is 38.2 Å². The largest absolute Gasteiger partial charge is 0.0622 e. The standard InChI is InChI=1S/C21H16/c1-15-7-5-11-19-17(15)13-14-21-18(10-6-12-20(19)21)16-8-3-2-4-9-16/h2-14H,1H3. The minimum atomic E-state index is 1.27. The molecule has 4 aromatic rings. The lowest BCUT2D eigenvalue weighted by atomic mass is 9.93. The summed E-state index contributed by atoms with van der Waals surface area (Å²) in [5, 5.41) is 5.33. The fourth-order valence-electron chi connectivity index (χ4n) is 3.15. The zero-order chi connectivity index (χ0) is 14.2. The predicted octanol–water partition coefficient (Wildman–Crippen LogP) is 5.97. The lowest BCUT2D eigenvalue weighted by molar-refractivity contribution is 1.54. The van der Waals surface area contributed by atoms with Gasteiger partial charge in [0.1, 0.15) is 0 Å². The molecule has 0 fully saturated rings. The van der Waals surface area contributed by atoms with E-state index >= 15 is 0 Å². The minimum absolute atomic E-state index is 1.27. The van der Waals surface area contributed by atoms with Crippen LogP contribution in [-0.4, -0.2) is 0 Å². The molecule has 0 aromatic heterocycles. The molecule has 0 amide bonds. The van der Waals surface area contributed by atoms with Gasteiger partial charge in [0.05, 0.1) is 0 Å². The first-order valence-corrected chi connectivity index (χ1v) is 7.31. The number of aryl methyl sites for hydroxylation is 1. The van der Waals surface area contributed by atoms with E-state index in [-0.39, 0.29) is 0 Å². The van der Waals surface area contributed by atoms with Gasteiger partial charge in [-0.05, 0) is 45.2 Å². The molecule has 0 atom stereocenters. The van der Waals surface area contributed by atoms with Crippen molar-refractivity contribution >= 4 is 21.5 Å². The first kappa shape index (κ1) is 12.2. The van der Waals surface area contributed by atoms with Crippen LogP contribution < -0.4 is 0 Å². The average Bonchev–Trinajstić information content (AvgIpc) is 2.55. The van der Waals surface area contributed by atoms with Crippen molar-refractivity contribution in [1.82, 2.24) is 0 Å². The summed E-state index contributed by atoms with van der Waals surface area (Å²) in [7, 11) is 0. The Morgan fingerprint density at radius 1 is 0.476 bits per heavy atom. The molecule has 4 rings (SSSR count). The molecule has 0 N–H and O–H groups in total. The molecule has 0 heterocycles. The molecule has 0 saturated carbocycles. The third-order valence-corrected chi connectivity index (χ3v) is 4.22. The molecular formula is C21H16. The van der Waals surface area contributed by atoms with Crippen molar-refractivity contribution in [3.63, 3.8) is 0 Å². The van der Waals surface area contributed by atoms with E-state index in [1.807, 2.05) is 0 Å². The van der Waals surface area contributed by atoms with Crippen LogP contribution >= 0.6 is 0 Å². The van der Waals surface area contributed by atoms with Crippen LogP contribution in [0.4, 0.5) is 0 Å². The summed E-state index contributed by atoms with van der Waals surface area (Å²) in [6, 6.07) is 28.2. The number of benzene rings is 4. The van der Waals surface area contributed by atoms with Gasteiger partial charge in [-0.1, -0.05) is 78.9 Å². The normalized spacial score (nSPS) is 11.1. The van der Waals surface area contributed by atoms with Crippen LogP contribution in [0.3, 0.4) is 0 Å². The molecule has 0 aliphatic rings.